The molecule has 4 rings (SSSR count). The van der Waals surface area contributed by atoms with E-state index in [1.807, 2.05) is 33.7 Å². The molecule has 0 radical (unpaired) electrons. The molecule has 1 unspecified atom stereocenters. The first-order valence-corrected chi connectivity index (χ1v) is 8.58. The van der Waals surface area contributed by atoms with Crippen LogP contribution >= 0.6 is 11.6 Å². The minimum atomic E-state index is -4.46. The van der Waals surface area contributed by atoms with E-state index in [9.17, 15) is 13.2 Å². The van der Waals surface area contributed by atoms with E-state index in [-0.39, 0.29) is 10.9 Å². The molecule has 0 amide bonds. The van der Waals surface area contributed by atoms with Gasteiger partial charge in [0.15, 0.2) is 5.65 Å². The molecular weight excluding hydrogens is 367 g/mol. The van der Waals surface area contributed by atoms with Gasteiger partial charge < -0.3 is 4.90 Å². The van der Waals surface area contributed by atoms with E-state index in [4.69, 9.17) is 11.6 Å². The van der Waals surface area contributed by atoms with Crippen molar-refractivity contribution >= 4 is 23.1 Å². The minimum absolute atomic E-state index is 0.00609. The van der Waals surface area contributed by atoms with Crippen LogP contribution in [0.15, 0.2) is 36.7 Å². The maximum absolute atomic E-state index is 12.8. The second-order valence-corrected chi connectivity index (χ2v) is 6.71. The maximum atomic E-state index is 12.8. The van der Waals surface area contributed by atoms with Crippen LogP contribution in [0, 0.1) is 0 Å². The molecule has 3 aromatic rings. The van der Waals surface area contributed by atoms with Gasteiger partial charge in [0.2, 0.25) is 0 Å². The van der Waals surface area contributed by atoms with Gasteiger partial charge in [0.05, 0.1) is 10.6 Å². The van der Waals surface area contributed by atoms with Crippen LogP contribution in [0.3, 0.4) is 0 Å². The Balaban J connectivity index is 1.61. The number of hydrogen-bond acceptors (Lipinski definition) is 4. The lowest BCUT2D eigenvalue weighted by atomic mass is 9.97. The fourth-order valence-corrected chi connectivity index (χ4v) is 3.62. The average molecular weight is 382 g/mol. The molecule has 0 aromatic carbocycles. The number of anilines is 1. The highest BCUT2D eigenvalue weighted by molar-refractivity contribution is 6.33. The van der Waals surface area contributed by atoms with Crippen LogP contribution in [0.4, 0.5) is 19.0 Å². The summed E-state index contributed by atoms with van der Waals surface area (Å²) in [6.07, 6.45) is 0.0696. The third-order valence-electron chi connectivity index (χ3n) is 4.58. The van der Waals surface area contributed by atoms with Gasteiger partial charge in [0.25, 0.3) is 0 Å². The lowest BCUT2D eigenvalue weighted by Gasteiger charge is -2.33. The van der Waals surface area contributed by atoms with Gasteiger partial charge >= 0.3 is 6.18 Å². The number of aromatic nitrogens is 4. The standard InChI is InChI=1S/C17H15ClF3N5/c18-13-8-12(17(19,20)21)9-22-16(13)25-6-3-4-11(10-25)15-24-23-14-5-1-2-7-26(14)15/h1-2,5,7-9,11H,3-4,6,10H2. The minimum Gasteiger partial charge on any atom is -0.355 e. The predicted molar refractivity (Wildman–Crippen MR) is 91.4 cm³/mol. The van der Waals surface area contributed by atoms with Gasteiger partial charge in [-0.25, -0.2) is 4.98 Å². The fourth-order valence-electron chi connectivity index (χ4n) is 3.34. The van der Waals surface area contributed by atoms with Crippen molar-refractivity contribution in [3.8, 4) is 0 Å². The molecule has 1 aliphatic rings. The molecule has 1 atom stereocenters. The summed E-state index contributed by atoms with van der Waals surface area (Å²) in [6, 6.07) is 6.62. The van der Waals surface area contributed by atoms with Gasteiger partial charge in [-0.3, -0.25) is 4.40 Å². The molecule has 136 valence electrons. The highest BCUT2D eigenvalue weighted by Gasteiger charge is 2.33. The van der Waals surface area contributed by atoms with Crippen molar-refractivity contribution in [3.05, 3.63) is 53.1 Å². The van der Waals surface area contributed by atoms with Crippen LogP contribution < -0.4 is 4.90 Å². The summed E-state index contributed by atoms with van der Waals surface area (Å²) in [5.41, 5.74) is -0.0754. The van der Waals surface area contributed by atoms with Crippen LogP contribution in [0.25, 0.3) is 5.65 Å². The number of hydrogen-bond donors (Lipinski definition) is 0. The summed E-state index contributed by atoms with van der Waals surface area (Å²) in [5, 5.41) is 8.48. The number of pyridine rings is 2. The molecule has 3 aromatic heterocycles. The molecule has 5 nitrogen and oxygen atoms in total. The van der Waals surface area contributed by atoms with E-state index >= 15 is 0 Å². The van der Waals surface area contributed by atoms with E-state index in [0.717, 1.165) is 36.6 Å². The van der Waals surface area contributed by atoms with Crippen LogP contribution in [0.2, 0.25) is 5.02 Å². The Bertz CT molecular complexity index is 940. The number of fused-ring (bicyclic) bond motifs is 1. The molecule has 9 heteroatoms. The molecular formula is C17H15ClF3N5. The summed E-state index contributed by atoms with van der Waals surface area (Å²) < 4.78 is 40.4. The van der Waals surface area contributed by atoms with E-state index < -0.39 is 11.7 Å². The average Bonchev–Trinajstić information content (AvgIpc) is 3.05. The van der Waals surface area contributed by atoms with Crippen LogP contribution in [0.1, 0.15) is 30.1 Å². The SMILES string of the molecule is FC(F)(F)c1cnc(N2CCCC(c3nnc4ccccn34)C2)c(Cl)c1. The largest absolute Gasteiger partial charge is 0.417 e. The van der Waals surface area contributed by atoms with Gasteiger partial charge in [-0.15, -0.1) is 10.2 Å². The lowest BCUT2D eigenvalue weighted by Crippen LogP contribution is -2.36. The topological polar surface area (TPSA) is 46.3 Å². The van der Waals surface area contributed by atoms with Crippen molar-refractivity contribution in [2.24, 2.45) is 0 Å². The third kappa shape index (κ3) is 3.09. The molecule has 4 heterocycles. The number of halogens is 4. The molecule has 1 aliphatic heterocycles. The monoisotopic (exact) mass is 381 g/mol. The Hall–Kier alpha value is -2.35. The molecule has 1 saturated heterocycles. The highest BCUT2D eigenvalue weighted by atomic mass is 35.5. The Kier molecular flexibility index (Phi) is 4.22. The first-order valence-electron chi connectivity index (χ1n) is 8.21. The van der Waals surface area contributed by atoms with Crippen molar-refractivity contribution in [1.29, 1.82) is 0 Å². The summed E-state index contributed by atoms with van der Waals surface area (Å²) >= 11 is 6.10. The second kappa shape index (κ2) is 6.42. The van der Waals surface area contributed by atoms with Crippen LogP contribution in [-0.2, 0) is 6.18 Å². The van der Waals surface area contributed by atoms with E-state index in [0.29, 0.717) is 18.9 Å². The Morgan fingerprint density at radius 2 is 2.04 bits per heavy atom. The maximum Gasteiger partial charge on any atom is 0.417 e. The Labute approximate surface area is 152 Å². The van der Waals surface area contributed by atoms with E-state index in [1.165, 1.54) is 0 Å². The van der Waals surface area contributed by atoms with Gasteiger partial charge in [-0.05, 0) is 31.0 Å². The molecule has 0 N–H and O–H groups in total. The lowest BCUT2D eigenvalue weighted by molar-refractivity contribution is -0.137. The van der Waals surface area contributed by atoms with Crippen molar-refractivity contribution in [1.82, 2.24) is 19.6 Å². The number of rotatable bonds is 2. The normalized spacial score (nSPS) is 18.5. The van der Waals surface area contributed by atoms with Gasteiger partial charge in [0.1, 0.15) is 11.6 Å². The molecule has 0 saturated carbocycles. The molecule has 1 fully saturated rings. The zero-order chi connectivity index (χ0) is 18.3. The van der Waals surface area contributed by atoms with Crippen LogP contribution in [-0.4, -0.2) is 32.7 Å². The number of piperidine rings is 1. The second-order valence-electron chi connectivity index (χ2n) is 6.30. The van der Waals surface area contributed by atoms with Gasteiger partial charge in [-0.2, -0.15) is 13.2 Å². The first kappa shape index (κ1) is 17.1. The first-order chi connectivity index (χ1) is 12.4. The van der Waals surface area contributed by atoms with Crippen molar-refractivity contribution in [3.63, 3.8) is 0 Å². The van der Waals surface area contributed by atoms with Gasteiger partial charge in [0, 0.05) is 31.4 Å². The quantitative estimate of drug-likeness (QED) is 0.668. The predicted octanol–water partition coefficient (Wildman–Crippen LogP) is 4.18. The van der Waals surface area contributed by atoms with Gasteiger partial charge in [-0.1, -0.05) is 17.7 Å². The van der Waals surface area contributed by atoms with Crippen molar-refractivity contribution < 1.29 is 13.2 Å². The van der Waals surface area contributed by atoms with Crippen molar-refractivity contribution in [2.45, 2.75) is 24.9 Å². The number of nitrogens with zero attached hydrogens (tertiary/aromatic N) is 5. The van der Waals surface area contributed by atoms with Crippen molar-refractivity contribution in [2.75, 3.05) is 18.0 Å². The smallest absolute Gasteiger partial charge is 0.355 e. The third-order valence-corrected chi connectivity index (χ3v) is 4.85. The molecule has 0 bridgehead atoms. The van der Waals surface area contributed by atoms with Crippen LogP contribution in [0.5, 0.6) is 0 Å². The van der Waals surface area contributed by atoms with E-state index in [1.54, 1.807) is 0 Å². The Morgan fingerprint density at radius 1 is 1.19 bits per heavy atom. The zero-order valence-corrected chi connectivity index (χ0v) is 14.4. The zero-order valence-electron chi connectivity index (χ0n) is 13.6. The Morgan fingerprint density at radius 3 is 2.81 bits per heavy atom. The molecule has 26 heavy (non-hydrogen) atoms. The fraction of sp³-hybridized carbons (Fsp3) is 0.353. The summed E-state index contributed by atoms with van der Waals surface area (Å²) in [5.74, 6) is 1.31. The van der Waals surface area contributed by atoms with E-state index in [2.05, 4.69) is 15.2 Å². The molecule has 0 aliphatic carbocycles. The summed E-state index contributed by atoms with van der Waals surface area (Å²) in [4.78, 5) is 5.89. The summed E-state index contributed by atoms with van der Waals surface area (Å²) in [7, 11) is 0. The highest BCUT2D eigenvalue weighted by Crippen LogP contribution is 2.36. The number of alkyl halides is 3. The molecule has 0 spiro atoms. The summed E-state index contributed by atoms with van der Waals surface area (Å²) in [6.45, 7) is 1.26.